The van der Waals surface area contributed by atoms with Crippen molar-refractivity contribution in [2.45, 2.75) is 38.6 Å². The van der Waals surface area contributed by atoms with Crippen LogP contribution in [0.2, 0.25) is 0 Å². The Bertz CT molecular complexity index is 434. The van der Waals surface area contributed by atoms with Gasteiger partial charge in [0, 0.05) is 0 Å². The van der Waals surface area contributed by atoms with E-state index in [1.807, 2.05) is 38.1 Å². The van der Waals surface area contributed by atoms with Gasteiger partial charge in [0.2, 0.25) is 5.91 Å². The van der Waals surface area contributed by atoms with Gasteiger partial charge in [0.25, 0.3) is 0 Å². The molecule has 0 fully saturated rings. The summed E-state index contributed by atoms with van der Waals surface area (Å²) in [4.78, 5) is 11.3. The number of likely N-dealkylation sites (N-methyl/N-ethyl adjacent to an activating group) is 1. The van der Waals surface area contributed by atoms with Crippen molar-refractivity contribution in [3.63, 3.8) is 0 Å². The van der Waals surface area contributed by atoms with Crippen LogP contribution in [-0.4, -0.2) is 31.7 Å². The highest BCUT2D eigenvalue weighted by atomic mass is 16.5. The molecule has 1 amide bonds. The maximum absolute atomic E-state index is 11.3. The number of benzene rings is 1. The van der Waals surface area contributed by atoms with Crippen LogP contribution in [0.4, 0.5) is 0 Å². The molecule has 0 heterocycles. The number of hydrogen-bond acceptors (Lipinski definition) is 4. The first-order valence-corrected chi connectivity index (χ1v) is 7.36. The molecule has 0 saturated carbocycles. The summed E-state index contributed by atoms with van der Waals surface area (Å²) in [5.41, 5.74) is 4.74. The minimum atomic E-state index is -0.640. The van der Waals surface area contributed by atoms with Gasteiger partial charge in [-0.15, -0.1) is 0 Å². The van der Waals surface area contributed by atoms with Crippen LogP contribution in [0.15, 0.2) is 24.3 Å². The number of unbranched alkanes of at least 4 members (excludes halogenated alkanes) is 1. The van der Waals surface area contributed by atoms with Crippen LogP contribution >= 0.6 is 0 Å². The lowest BCUT2D eigenvalue weighted by Crippen LogP contribution is -2.51. The van der Waals surface area contributed by atoms with E-state index in [2.05, 4.69) is 5.32 Å². The molecule has 0 aliphatic rings. The van der Waals surface area contributed by atoms with Crippen molar-refractivity contribution in [1.29, 1.82) is 0 Å². The number of ether oxygens (including phenoxy) is 2. The highest BCUT2D eigenvalue weighted by Crippen LogP contribution is 2.18. The molecule has 0 radical (unpaired) electrons. The van der Waals surface area contributed by atoms with E-state index >= 15 is 0 Å². The molecule has 0 saturated heterocycles. The van der Waals surface area contributed by atoms with Gasteiger partial charge in [-0.05, 0) is 64.4 Å². The summed E-state index contributed by atoms with van der Waals surface area (Å²) in [6.45, 7) is 5.05. The van der Waals surface area contributed by atoms with Crippen LogP contribution in [0, 0.1) is 0 Å². The molecule has 118 valence electrons. The molecule has 0 aromatic heterocycles. The zero-order chi connectivity index (χ0) is 15.7. The first-order chi connectivity index (χ1) is 10.0. The first kappa shape index (κ1) is 17.3. The second-order valence-electron chi connectivity index (χ2n) is 5.16. The van der Waals surface area contributed by atoms with E-state index in [9.17, 15) is 4.79 Å². The number of rotatable bonds is 10. The average Bonchev–Trinajstić information content (AvgIpc) is 2.48. The Balaban J connectivity index is 2.26. The minimum Gasteiger partial charge on any atom is -0.494 e. The van der Waals surface area contributed by atoms with Gasteiger partial charge >= 0.3 is 0 Å². The Labute approximate surface area is 126 Å². The molecule has 1 aromatic carbocycles. The van der Waals surface area contributed by atoms with E-state index < -0.39 is 5.54 Å². The van der Waals surface area contributed by atoms with E-state index in [4.69, 9.17) is 15.2 Å². The second-order valence-corrected chi connectivity index (χ2v) is 5.16. The van der Waals surface area contributed by atoms with E-state index in [-0.39, 0.29) is 5.91 Å². The third-order valence-corrected chi connectivity index (χ3v) is 3.57. The fourth-order valence-electron chi connectivity index (χ4n) is 1.94. The van der Waals surface area contributed by atoms with Gasteiger partial charge < -0.3 is 20.5 Å². The largest absolute Gasteiger partial charge is 0.494 e. The van der Waals surface area contributed by atoms with E-state index in [0.717, 1.165) is 24.3 Å². The van der Waals surface area contributed by atoms with E-state index in [1.54, 1.807) is 7.05 Å². The summed E-state index contributed by atoms with van der Waals surface area (Å²) < 4.78 is 11.0. The van der Waals surface area contributed by atoms with Gasteiger partial charge in [0.15, 0.2) is 0 Å². The zero-order valence-corrected chi connectivity index (χ0v) is 13.1. The van der Waals surface area contributed by atoms with Gasteiger partial charge in [0.05, 0.1) is 18.8 Å². The molecule has 0 spiro atoms. The molecule has 0 aliphatic carbocycles. The number of hydrogen-bond donors (Lipinski definition) is 2. The standard InChI is InChI=1S/C16H26N2O3/c1-4-20-13-7-9-14(10-8-13)21-12-6-5-11-16(2,18-3)15(17)19/h7-10,18H,4-6,11-12H2,1-3H3,(H2,17,19). The molecular formula is C16H26N2O3. The third-order valence-electron chi connectivity index (χ3n) is 3.57. The molecule has 1 rings (SSSR count). The minimum absolute atomic E-state index is 0.322. The molecule has 0 aliphatic heterocycles. The molecule has 5 heteroatoms. The summed E-state index contributed by atoms with van der Waals surface area (Å²) in [5, 5.41) is 2.98. The monoisotopic (exact) mass is 294 g/mol. The number of carbonyl (C=O) groups excluding carboxylic acids is 1. The van der Waals surface area contributed by atoms with Crippen molar-refractivity contribution in [3.8, 4) is 11.5 Å². The summed E-state index contributed by atoms with van der Waals surface area (Å²) >= 11 is 0. The first-order valence-electron chi connectivity index (χ1n) is 7.36. The lowest BCUT2D eigenvalue weighted by molar-refractivity contribution is -0.123. The molecule has 1 atom stereocenters. The maximum Gasteiger partial charge on any atom is 0.237 e. The molecule has 0 bridgehead atoms. The molecule has 1 aromatic rings. The predicted octanol–water partition coefficient (Wildman–Crippen LogP) is 2.10. The topological polar surface area (TPSA) is 73.6 Å². The Hall–Kier alpha value is -1.75. The Kier molecular flexibility index (Phi) is 7.02. The van der Waals surface area contributed by atoms with Crippen molar-refractivity contribution >= 4 is 5.91 Å². The van der Waals surface area contributed by atoms with Gasteiger partial charge in [-0.1, -0.05) is 0 Å². The Morgan fingerprint density at radius 2 is 1.76 bits per heavy atom. The lowest BCUT2D eigenvalue weighted by Gasteiger charge is -2.25. The van der Waals surface area contributed by atoms with Crippen molar-refractivity contribution in [1.82, 2.24) is 5.32 Å². The quantitative estimate of drug-likeness (QED) is 0.648. The average molecular weight is 294 g/mol. The van der Waals surface area contributed by atoms with Crippen molar-refractivity contribution in [3.05, 3.63) is 24.3 Å². The highest BCUT2D eigenvalue weighted by molar-refractivity contribution is 5.84. The molecule has 5 nitrogen and oxygen atoms in total. The third kappa shape index (κ3) is 5.63. The fraction of sp³-hybridized carbons (Fsp3) is 0.562. The molecule has 1 unspecified atom stereocenters. The van der Waals surface area contributed by atoms with Crippen LogP contribution in [-0.2, 0) is 4.79 Å². The van der Waals surface area contributed by atoms with Crippen LogP contribution in [0.5, 0.6) is 11.5 Å². The summed E-state index contributed by atoms with van der Waals surface area (Å²) in [6.07, 6.45) is 2.44. The Morgan fingerprint density at radius 1 is 1.19 bits per heavy atom. The highest BCUT2D eigenvalue weighted by Gasteiger charge is 2.27. The van der Waals surface area contributed by atoms with Crippen molar-refractivity contribution in [2.75, 3.05) is 20.3 Å². The summed E-state index contributed by atoms with van der Waals surface area (Å²) in [7, 11) is 1.75. The van der Waals surface area contributed by atoms with E-state index in [0.29, 0.717) is 19.6 Å². The maximum atomic E-state index is 11.3. The number of carbonyl (C=O) groups is 1. The van der Waals surface area contributed by atoms with E-state index in [1.165, 1.54) is 0 Å². The van der Waals surface area contributed by atoms with Crippen LogP contribution in [0.1, 0.15) is 33.1 Å². The molecule has 3 N–H and O–H groups in total. The Morgan fingerprint density at radius 3 is 2.24 bits per heavy atom. The fourth-order valence-corrected chi connectivity index (χ4v) is 1.94. The number of nitrogens with one attached hydrogen (secondary N) is 1. The number of primary amides is 1. The zero-order valence-electron chi connectivity index (χ0n) is 13.1. The second kappa shape index (κ2) is 8.52. The lowest BCUT2D eigenvalue weighted by atomic mass is 9.94. The molecule has 21 heavy (non-hydrogen) atoms. The van der Waals surface area contributed by atoms with Crippen LogP contribution < -0.4 is 20.5 Å². The van der Waals surface area contributed by atoms with Gasteiger partial charge in [-0.25, -0.2) is 0 Å². The SMILES string of the molecule is CCOc1ccc(OCCCCC(C)(NC)C(N)=O)cc1. The summed E-state index contributed by atoms with van der Waals surface area (Å²) in [5.74, 6) is 1.35. The van der Waals surface area contributed by atoms with Gasteiger partial charge in [-0.2, -0.15) is 0 Å². The predicted molar refractivity (Wildman–Crippen MR) is 83.6 cm³/mol. The van der Waals surface area contributed by atoms with Crippen LogP contribution in [0.25, 0.3) is 0 Å². The van der Waals surface area contributed by atoms with Crippen molar-refractivity contribution in [2.24, 2.45) is 5.73 Å². The smallest absolute Gasteiger partial charge is 0.237 e. The van der Waals surface area contributed by atoms with Crippen LogP contribution in [0.3, 0.4) is 0 Å². The van der Waals surface area contributed by atoms with Gasteiger partial charge in [-0.3, -0.25) is 4.79 Å². The normalized spacial score (nSPS) is 13.5. The molecular weight excluding hydrogens is 268 g/mol. The number of amides is 1. The number of nitrogens with two attached hydrogens (primary N) is 1. The van der Waals surface area contributed by atoms with Crippen molar-refractivity contribution < 1.29 is 14.3 Å². The summed E-state index contributed by atoms with van der Waals surface area (Å²) in [6, 6.07) is 7.58. The van der Waals surface area contributed by atoms with Gasteiger partial charge in [0.1, 0.15) is 11.5 Å².